The second kappa shape index (κ2) is 59.4. The Bertz CT molecular complexity index is 1320. The van der Waals surface area contributed by atoms with Crippen LogP contribution in [0.25, 0.3) is 0 Å². The number of rotatable bonds is 55. The minimum absolute atomic E-state index is 0.0801. The van der Waals surface area contributed by atoms with Crippen LogP contribution < -0.4 is 0 Å². The third kappa shape index (κ3) is 57.6. The summed E-state index contributed by atoms with van der Waals surface area (Å²) in [7, 11) is 0. The fourth-order valence-corrected chi connectivity index (χ4v) is 8.57. The van der Waals surface area contributed by atoms with E-state index >= 15 is 0 Å². The van der Waals surface area contributed by atoms with Crippen LogP contribution in [0.15, 0.2) is 72.9 Å². The lowest BCUT2D eigenvalue weighted by molar-refractivity contribution is -0.167. The number of carbonyl (C=O) groups excluding carboxylic acids is 3. The quantitative estimate of drug-likeness (QED) is 0.0261. The molecule has 0 aromatic rings. The number of hydrogen-bond acceptors (Lipinski definition) is 6. The average molecular weight is 992 g/mol. The second-order valence-corrected chi connectivity index (χ2v) is 20.3. The van der Waals surface area contributed by atoms with Gasteiger partial charge in [0.25, 0.3) is 0 Å². The minimum atomic E-state index is -0.782. The summed E-state index contributed by atoms with van der Waals surface area (Å²) in [5.74, 6) is -0.890. The summed E-state index contributed by atoms with van der Waals surface area (Å²) in [6, 6.07) is 0. The fraction of sp³-hybridized carbons (Fsp3) is 0.769. The molecule has 0 aromatic heterocycles. The Labute approximate surface area is 440 Å². The standard InChI is InChI=1S/C65H114O6/c1-4-7-10-13-16-19-21-23-25-27-29-30-31-32-33-34-36-37-39-41-43-46-49-52-55-58-64(67)70-61-62(60-69-63(66)57-54-51-48-45-18-15-12-9-6-3)71-65(68)59-56-53-50-47-44-42-40-38-35-28-26-24-22-20-17-14-11-8-5-2/h17,20-21,23-24,26-27,29,31-32,35,38,62H,4-16,18-19,22,25,28,30,33-34,36-37,39-61H2,1-3H3/b20-17-,23-21-,26-24-,29-27-,32-31-,38-35-. The molecule has 0 aliphatic heterocycles. The minimum Gasteiger partial charge on any atom is -0.462 e. The highest BCUT2D eigenvalue weighted by atomic mass is 16.6. The first-order chi connectivity index (χ1) is 35.0. The van der Waals surface area contributed by atoms with Crippen molar-refractivity contribution >= 4 is 17.9 Å². The molecule has 0 aromatic carbocycles. The number of carbonyl (C=O) groups is 3. The molecule has 410 valence electrons. The molecule has 0 amide bonds. The van der Waals surface area contributed by atoms with E-state index in [9.17, 15) is 14.4 Å². The highest BCUT2D eigenvalue weighted by molar-refractivity contribution is 5.71. The van der Waals surface area contributed by atoms with Crippen molar-refractivity contribution in [3.05, 3.63) is 72.9 Å². The first-order valence-electron chi connectivity index (χ1n) is 30.4. The molecule has 6 nitrogen and oxygen atoms in total. The predicted octanol–water partition coefficient (Wildman–Crippen LogP) is 20.5. The van der Waals surface area contributed by atoms with Gasteiger partial charge in [-0.25, -0.2) is 0 Å². The number of esters is 3. The average Bonchev–Trinajstić information content (AvgIpc) is 3.37. The van der Waals surface area contributed by atoms with Crippen LogP contribution in [0.4, 0.5) is 0 Å². The molecule has 0 saturated heterocycles. The largest absolute Gasteiger partial charge is 0.462 e. The second-order valence-electron chi connectivity index (χ2n) is 20.3. The van der Waals surface area contributed by atoms with Crippen molar-refractivity contribution in [1.29, 1.82) is 0 Å². The Balaban J connectivity index is 4.25. The molecule has 0 aliphatic carbocycles. The topological polar surface area (TPSA) is 78.9 Å². The molecule has 1 atom stereocenters. The lowest BCUT2D eigenvalue weighted by atomic mass is 10.1. The van der Waals surface area contributed by atoms with Crippen molar-refractivity contribution in [3.8, 4) is 0 Å². The van der Waals surface area contributed by atoms with E-state index in [1.165, 1.54) is 167 Å². The zero-order valence-electron chi connectivity index (χ0n) is 47.0. The summed E-state index contributed by atoms with van der Waals surface area (Å²) in [6.07, 6.45) is 76.2. The first-order valence-corrected chi connectivity index (χ1v) is 30.4. The zero-order valence-corrected chi connectivity index (χ0v) is 47.0. The molecule has 0 rings (SSSR count). The predicted molar refractivity (Wildman–Crippen MR) is 307 cm³/mol. The van der Waals surface area contributed by atoms with E-state index in [4.69, 9.17) is 14.2 Å². The molecule has 0 fully saturated rings. The van der Waals surface area contributed by atoms with E-state index < -0.39 is 6.10 Å². The van der Waals surface area contributed by atoms with Crippen molar-refractivity contribution in [3.63, 3.8) is 0 Å². The molecule has 71 heavy (non-hydrogen) atoms. The Hall–Kier alpha value is -3.15. The smallest absolute Gasteiger partial charge is 0.306 e. The lowest BCUT2D eigenvalue weighted by Gasteiger charge is -2.18. The Kier molecular flexibility index (Phi) is 56.8. The van der Waals surface area contributed by atoms with Crippen molar-refractivity contribution < 1.29 is 28.6 Å². The first kappa shape index (κ1) is 67.8. The van der Waals surface area contributed by atoms with E-state index in [1.54, 1.807) is 0 Å². The van der Waals surface area contributed by atoms with Crippen LogP contribution in [0.1, 0.15) is 303 Å². The van der Waals surface area contributed by atoms with Crippen molar-refractivity contribution in [2.24, 2.45) is 0 Å². The third-order valence-corrected chi connectivity index (χ3v) is 13.2. The van der Waals surface area contributed by atoms with Gasteiger partial charge in [0.05, 0.1) is 0 Å². The molecular weight excluding hydrogens is 877 g/mol. The van der Waals surface area contributed by atoms with Crippen LogP contribution in [-0.4, -0.2) is 37.2 Å². The van der Waals surface area contributed by atoms with Gasteiger partial charge in [0.15, 0.2) is 6.10 Å². The number of ether oxygens (including phenoxy) is 3. The number of unbranched alkanes of at least 4 members (excludes halogenated alkanes) is 32. The van der Waals surface area contributed by atoms with Crippen LogP contribution in [0, 0.1) is 0 Å². The van der Waals surface area contributed by atoms with Crippen LogP contribution in [0.2, 0.25) is 0 Å². The van der Waals surface area contributed by atoms with Gasteiger partial charge < -0.3 is 14.2 Å². The summed E-state index contributed by atoms with van der Waals surface area (Å²) >= 11 is 0. The maximum atomic E-state index is 12.9. The molecule has 0 heterocycles. The summed E-state index contributed by atoms with van der Waals surface area (Å²) in [5, 5.41) is 0. The Morgan fingerprint density at radius 2 is 0.507 bits per heavy atom. The monoisotopic (exact) mass is 991 g/mol. The highest BCUT2D eigenvalue weighted by Gasteiger charge is 2.19. The van der Waals surface area contributed by atoms with E-state index in [0.717, 1.165) is 96.3 Å². The van der Waals surface area contributed by atoms with E-state index in [1.807, 2.05) is 0 Å². The van der Waals surface area contributed by atoms with Crippen molar-refractivity contribution in [2.75, 3.05) is 13.2 Å². The van der Waals surface area contributed by atoms with Crippen molar-refractivity contribution in [2.45, 2.75) is 309 Å². The zero-order chi connectivity index (χ0) is 51.4. The van der Waals surface area contributed by atoms with Gasteiger partial charge in [0.1, 0.15) is 13.2 Å². The lowest BCUT2D eigenvalue weighted by Crippen LogP contribution is -2.30. The van der Waals surface area contributed by atoms with Gasteiger partial charge in [0.2, 0.25) is 0 Å². The van der Waals surface area contributed by atoms with Gasteiger partial charge in [-0.1, -0.05) is 261 Å². The van der Waals surface area contributed by atoms with Gasteiger partial charge in [-0.05, 0) is 96.3 Å². The Morgan fingerprint density at radius 3 is 0.817 bits per heavy atom. The number of hydrogen-bond donors (Lipinski definition) is 0. The summed E-state index contributed by atoms with van der Waals surface area (Å²) in [6.45, 7) is 6.59. The summed E-state index contributed by atoms with van der Waals surface area (Å²) < 4.78 is 16.8. The van der Waals surface area contributed by atoms with E-state index in [0.29, 0.717) is 19.3 Å². The van der Waals surface area contributed by atoms with E-state index in [2.05, 4.69) is 93.7 Å². The van der Waals surface area contributed by atoms with Crippen LogP contribution in [0.3, 0.4) is 0 Å². The number of allylic oxidation sites excluding steroid dienone is 12. The molecule has 6 heteroatoms. The molecule has 1 unspecified atom stereocenters. The van der Waals surface area contributed by atoms with Gasteiger partial charge >= 0.3 is 17.9 Å². The summed E-state index contributed by atoms with van der Waals surface area (Å²) in [4.78, 5) is 38.1. The van der Waals surface area contributed by atoms with Gasteiger partial charge in [-0.3, -0.25) is 14.4 Å². The molecule has 0 bridgehead atoms. The highest BCUT2D eigenvalue weighted by Crippen LogP contribution is 2.15. The fourth-order valence-electron chi connectivity index (χ4n) is 8.57. The maximum Gasteiger partial charge on any atom is 0.306 e. The normalized spacial score (nSPS) is 12.5. The maximum absolute atomic E-state index is 12.9. The van der Waals surface area contributed by atoms with Gasteiger partial charge in [-0.2, -0.15) is 0 Å². The van der Waals surface area contributed by atoms with Crippen molar-refractivity contribution in [1.82, 2.24) is 0 Å². The molecule has 0 spiro atoms. The Morgan fingerprint density at radius 1 is 0.282 bits per heavy atom. The van der Waals surface area contributed by atoms with Gasteiger partial charge in [-0.15, -0.1) is 0 Å². The van der Waals surface area contributed by atoms with Crippen LogP contribution in [-0.2, 0) is 28.6 Å². The molecule has 0 radical (unpaired) electrons. The van der Waals surface area contributed by atoms with E-state index in [-0.39, 0.29) is 31.1 Å². The molecule has 0 N–H and O–H groups in total. The van der Waals surface area contributed by atoms with Gasteiger partial charge in [0, 0.05) is 19.3 Å². The van der Waals surface area contributed by atoms with Crippen LogP contribution in [0.5, 0.6) is 0 Å². The molecule has 0 aliphatic rings. The van der Waals surface area contributed by atoms with Crippen LogP contribution >= 0.6 is 0 Å². The third-order valence-electron chi connectivity index (χ3n) is 13.2. The molecular formula is C65H114O6. The molecule has 0 saturated carbocycles. The summed E-state index contributed by atoms with van der Waals surface area (Å²) in [5.41, 5.74) is 0. The SMILES string of the molecule is CCCCC/C=C\C/C=C\C/C=C\CCCCCCCCC(=O)OC(COC(=O)CCCCCCCCCCC)COC(=O)CCCCCCCCCCCC/C=C\C/C=C\C/C=C\CCCCCCC.